The largest absolute Gasteiger partial charge is 0.415 e. The Labute approximate surface area is 98.9 Å². The van der Waals surface area contributed by atoms with E-state index < -0.39 is 0 Å². The van der Waals surface area contributed by atoms with Crippen molar-refractivity contribution in [2.45, 2.75) is 18.2 Å². The summed E-state index contributed by atoms with van der Waals surface area (Å²) in [5, 5.41) is 8.12. The van der Waals surface area contributed by atoms with Crippen molar-refractivity contribution in [3.63, 3.8) is 0 Å². The number of aromatic nitrogens is 2. The number of nitrogens with two attached hydrogens (primary N) is 1. The Balaban J connectivity index is 1.98. The van der Waals surface area contributed by atoms with Gasteiger partial charge in [0.25, 0.3) is 5.22 Å². The smallest absolute Gasteiger partial charge is 0.276 e. The molecule has 1 aromatic rings. The second-order valence-electron chi connectivity index (χ2n) is 2.97. The van der Waals surface area contributed by atoms with E-state index in [1.54, 1.807) is 7.11 Å². The van der Waals surface area contributed by atoms with Gasteiger partial charge in [0, 0.05) is 26.1 Å². The summed E-state index contributed by atoms with van der Waals surface area (Å²) >= 11 is 1.47. The molecule has 7 heteroatoms. The van der Waals surface area contributed by atoms with E-state index in [0.717, 1.165) is 18.8 Å². The molecule has 1 rings (SSSR count). The fraction of sp³-hybridized carbons (Fsp3) is 0.778. The molecule has 0 saturated heterocycles. The second-order valence-corrected chi connectivity index (χ2v) is 4.02. The molecule has 0 aliphatic carbocycles. The van der Waals surface area contributed by atoms with Gasteiger partial charge in [-0.2, -0.15) is 0 Å². The molecule has 0 unspecified atom stereocenters. The Morgan fingerprint density at radius 2 is 2.19 bits per heavy atom. The zero-order valence-corrected chi connectivity index (χ0v) is 10.2. The van der Waals surface area contributed by atoms with Crippen molar-refractivity contribution in [1.82, 2.24) is 10.2 Å². The van der Waals surface area contributed by atoms with Crippen molar-refractivity contribution < 1.29 is 13.9 Å². The molecule has 0 bridgehead atoms. The number of hydrogen-bond acceptors (Lipinski definition) is 7. The molecule has 6 nitrogen and oxygen atoms in total. The van der Waals surface area contributed by atoms with Crippen LogP contribution >= 0.6 is 11.8 Å². The van der Waals surface area contributed by atoms with Gasteiger partial charge in [0.15, 0.2) is 0 Å². The van der Waals surface area contributed by atoms with Gasteiger partial charge in [-0.3, -0.25) is 0 Å². The maximum absolute atomic E-state index is 5.38. The molecule has 0 spiro atoms. The highest BCUT2D eigenvalue weighted by Gasteiger charge is 2.04. The SMILES string of the molecule is COCCCOCCSc1nnc(CN)o1. The standard InChI is InChI=1S/C9H17N3O3S/c1-13-3-2-4-14-5-6-16-9-12-11-8(7-10)15-9/h2-7,10H2,1H3. The lowest BCUT2D eigenvalue weighted by Crippen LogP contribution is -2.02. The van der Waals surface area contributed by atoms with Gasteiger partial charge >= 0.3 is 0 Å². The van der Waals surface area contributed by atoms with Gasteiger partial charge in [-0.25, -0.2) is 0 Å². The molecule has 0 saturated carbocycles. The lowest BCUT2D eigenvalue weighted by molar-refractivity contribution is 0.113. The van der Waals surface area contributed by atoms with Crippen LogP contribution in [-0.2, 0) is 16.0 Å². The van der Waals surface area contributed by atoms with Crippen molar-refractivity contribution in [3.8, 4) is 0 Å². The minimum atomic E-state index is 0.279. The van der Waals surface area contributed by atoms with E-state index >= 15 is 0 Å². The highest BCUT2D eigenvalue weighted by molar-refractivity contribution is 7.99. The maximum atomic E-state index is 5.38. The minimum Gasteiger partial charge on any atom is -0.415 e. The fourth-order valence-corrected chi connectivity index (χ4v) is 1.60. The van der Waals surface area contributed by atoms with Crippen LogP contribution in [0.2, 0.25) is 0 Å². The van der Waals surface area contributed by atoms with Crippen LogP contribution in [0, 0.1) is 0 Å². The van der Waals surface area contributed by atoms with E-state index in [0.29, 0.717) is 24.3 Å². The number of thioether (sulfide) groups is 1. The zero-order chi connectivity index (χ0) is 11.6. The summed E-state index contributed by atoms with van der Waals surface area (Å²) in [7, 11) is 1.68. The molecular weight excluding hydrogens is 230 g/mol. The molecule has 0 atom stereocenters. The average Bonchev–Trinajstić information content (AvgIpc) is 2.76. The van der Waals surface area contributed by atoms with E-state index in [4.69, 9.17) is 19.6 Å². The van der Waals surface area contributed by atoms with Crippen LogP contribution in [-0.4, -0.2) is 42.9 Å². The van der Waals surface area contributed by atoms with Crippen molar-refractivity contribution in [1.29, 1.82) is 0 Å². The van der Waals surface area contributed by atoms with Crippen molar-refractivity contribution >= 4 is 11.8 Å². The van der Waals surface area contributed by atoms with Gasteiger partial charge in [-0.1, -0.05) is 11.8 Å². The third-order valence-corrected chi connectivity index (χ3v) is 2.50. The first-order chi connectivity index (χ1) is 7.86. The van der Waals surface area contributed by atoms with Gasteiger partial charge < -0.3 is 19.6 Å². The average molecular weight is 247 g/mol. The summed E-state index contributed by atoms with van der Waals surface area (Å²) in [6.07, 6.45) is 0.916. The Kier molecular flexibility index (Phi) is 7.15. The zero-order valence-electron chi connectivity index (χ0n) is 9.35. The van der Waals surface area contributed by atoms with E-state index in [1.165, 1.54) is 11.8 Å². The van der Waals surface area contributed by atoms with Gasteiger partial charge in [-0.05, 0) is 6.42 Å². The van der Waals surface area contributed by atoms with Crippen LogP contribution in [0.3, 0.4) is 0 Å². The summed E-state index contributed by atoms with van der Waals surface area (Å²) in [5.74, 6) is 1.25. The molecule has 0 aliphatic heterocycles. The van der Waals surface area contributed by atoms with Crippen molar-refractivity contribution in [2.75, 3.05) is 32.7 Å². The Morgan fingerprint density at radius 1 is 1.31 bits per heavy atom. The monoisotopic (exact) mass is 247 g/mol. The molecule has 16 heavy (non-hydrogen) atoms. The van der Waals surface area contributed by atoms with Crippen molar-refractivity contribution in [2.24, 2.45) is 5.73 Å². The van der Waals surface area contributed by atoms with Crippen LogP contribution in [0.4, 0.5) is 0 Å². The van der Waals surface area contributed by atoms with E-state index in [1.807, 2.05) is 0 Å². The number of nitrogens with zero attached hydrogens (tertiary/aromatic N) is 2. The maximum Gasteiger partial charge on any atom is 0.276 e. The van der Waals surface area contributed by atoms with Crippen LogP contribution in [0.5, 0.6) is 0 Å². The molecule has 2 N–H and O–H groups in total. The van der Waals surface area contributed by atoms with Gasteiger partial charge in [0.05, 0.1) is 13.2 Å². The molecule has 0 radical (unpaired) electrons. The number of rotatable bonds is 9. The van der Waals surface area contributed by atoms with E-state index in [9.17, 15) is 0 Å². The van der Waals surface area contributed by atoms with Gasteiger partial charge in [0.2, 0.25) is 5.89 Å². The molecule has 0 amide bonds. The highest BCUT2D eigenvalue weighted by atomic mass is 32.2. The first-order valence-corrected chi connectivity index (χ1v) is 6.07. The topological polar surface area (TPSA) is 83.4 Å². The summed E-state index contributed by atoms with van der Waals surface area (Å²) in [6.45, 7) is 2.39. The summed E-state index contributed by atoms with van der Waals surface area (Å²) in [5.41, 5.74) is 5.34. The fourth-order valence-electron chi connectivity index (χ4n) is 0.974. The van der Waals surface area contributed by atoms with Crippen LogP contribution in [0.15, 0.2) is 9.64 Å². The van der Waals surface area contributed by atoms with E-state index in [-0.39, 0.29) is 6.54 Å². The summed E-state index contributed by atoms with van der Waals surface area (Å²) in [6, 6.07) is 0. The number of methoxy groups -OCH3 is 1. The highest BCUT2D eigenvalue weighted by Crippen LogP contribution is 2.15. The molecule has 0 aliphatic rings. The lowest BCUT2D eigenvalue weighted by Gasteiger charge is -2.01. The first-order valence-electron chi connectivity index (χ1n) is 5.08. The third kappa shape index (κ3) is 5.45. The normalized spacial score (nSPS) is 10.9. The first kappa shape index (κ1) is 13.4. The van der Waals surface area contributed by atoms with Gasteiger partial charge in [-0.15, -0.1) is 10.2 Å². The van der Waals surface area contributed by atoms with E-state index in [2.05, 4.69) is 10.2 Å². The third-order valence-electron chi connectivity index (χ3n) is 1.71. The molecule has 1 aromatic heterocycles. The summed E-state index contributed by atoms with van der Waals surface area (Å²) < 4.78 is 15.5. The van der Waals surface area contributed by atoms with Crippen LogP contribution in [0.1, 0.15) is 12.3 Å². The van der Waals surface area contributed by atoms with Crippen LogP contribution < -0.4 is 5.73 Å². The lowest BCUT2D eigenvalue weighted by atomic mass is 10.5. The predicted molar refractivity (Wildman–Crippen MR) is 60.2 cm³/mol. The number of hydrogen-bond donors (Lipinski definition) is 1. The Hall–Kier alpha value is -0.630. The number of ether oxygens (including phenoxy) is 2. The molecule has 1 heterocycles. The molecule has 92 valence electrons. The Bertz CT molecular complexity index is 283. The Morgan fingerprint density at radius 3 is 2.88 bits per heavy atom. The van der Waals surface area contributed by atoms with Crippen molar-refractivity contribution in [3.05, 3.63) is 5.89 Å². The summed E-state index contributed by atoms with van der Waals surface area (Å²) in [4.78, 5) is 0. The predicted octanol–water partition coefficient (Wildman–Crippen LogP) is 0.674. The quantitative estimate of drug-likeness (QED) is 0.507. The van der Waals surface area contributed by atoms with Crippen LogP contribution in [0.25, 0.3) is 0 Å². The molecule has 0 fully saturated rings. The molecule has 0 aromatic carbocycles. The molecular formula is C9H17N3O3S. The minimum absolute atomic E-state index is 0.279. The second kappa shape index (κ2) is 8.51. The van der Waals surface area contributed by atoms with Gasteiger partial charge in [0.1, 0.15) is 0 Å².